The summed E-state index contributed by atoms with van der Waals surface area (Å²) in [6.45, 7) is 8.69. The van der Waals surface area contributed by atoms with E-state index in [-0.39, 0.29) is 29.8 Å². The number of halogens is 2. The molecule has 0 heterocycles. The fraction of sp³-hybridized carbons (Fsp3) is 0.278. The summed E-state index contributed by atoms with van der Waals surface area (Å²) < 4.78 is 29.7. The lowest BCUT2D eigenvalue weighted by molar-refractivity contribution is -0.140. The van der Waals surface area contributed by atoms with E-state index >= 15 is 0 Å². The lowest BCUT2D eigenvalue weighted by atomic mass is 10.0. The van der Waals surface area contributed by atoms with Crippen molar-refractivity contribution < 1.29 is 18.0 Å². The van der Waals surface area contributed by atoms with Gasteiger partial charge >= 0.3 is 0 Å². The zero-order valence-corrected chi connectivity index (χ0v) is 29.0. The number of carbonyl (C=O) groups excluding carboxylic acids is 2. The summed E-state index contributed by atoms with van der Waals surface area (Å²) in [6, 6.07) is 25.2. The van der Waals surface area contributed by atoms with Gasteiger partial charge in [-0.25, -0.2) is 8.42 Å². The molecule has 1 atom stereocenters. The van der Waals surface area contributed by atoms with E-state index in [1.807, 2.05) is 70.2 Å². The number of benzene rings is 4. The minimum Gasteiger partial charge on any atom is -0.352 e. The Hall–Kier alpha value is -3.85. The number of rotatable bonds is 12. The maximum Gasteiger partial charge on any atom is 0.264 e. The highest BCUT2D eigenvalue weighted by Crippen LogP contribution is 2.30. The second kappa shape index (κ2) is 15.2. The van der Waals surface area contributed by atoms with Gasteiger partial charge in [-0.1, -0.05) is 89.4 Å². The van der Waals surface area contributed by atoms with Crippen LogP contribution >= 0.6 is 23.2 Å². The molecule has 46 heavy (non-hydrogen) atoms. The molecule has 1 unspecified atom stereocenters. The van der Waals surface area contributed by atoms with Gasteiger partial charge in [-0.2, -0.15) is 0 Å². The number of amides is 2. The number of nitrogens with one attached hydrogen (secondary N) is 1. The molecular weight excluding hydrogens is 641 g/mol. The van der Waals surface area contributed by atoms with E-state index in [1.165, 1.54) is 17.0 Å². The predicted molar refractivity (Wildman–Crippen MR) is 186 cm³/mol. The Morgan fingerprint density at radius 3 is 2.07 bits per heavy atom. The van der Waals surface area contributed by atoms with Gasteiger partial charge in [0, 0.05) is 19.0 Å². The molecule has 0 fully saturated rings. The van der Waals surface area contributed by atoms with Gasteiger partial charge in [0.15, 0.2) is 0 Å². The highest BCUT2D eigenvalue weighted by Gasteiger charge is 2.35. The third kappa shape index (κ3) is 8.69. The molecule has 0 radical (unpaired) electrons. The van der Waals surface area contributed by atoms with Gasteiger partial charge < -0.3 is 10.2 Å². The quantitative estimate of drug-likeness (QED) is 0.171. The van der Waals surface area contributed by atoms with Crippen LogP contribution in [-0.4, -0.2) is 43.8 Å². The molecule has 2 amide bonds. The van der Waals surface area contributed by atoms with E-state index in [2.05, 4.69) is 5.32 Å². The van der Waals surface area contributed by atoms with Crippen LogP contribution in [0.4, 0.5) is 5.69 Å². The number of nitrogens with zero attached hydrogens (tertiary/aromatic N) is 2. The summed E-state index contributed by atoms with van der Waals surface area (Å²) >= 11 is 12.5. The Kier molecular flexibility index (Phi) is 11.5. The van der Waals surface area contributed by atoms with Crippen LogP contribution in [0.1, 0.15) is 41.7 Å². The van der Waals surface area contributed by atoms with Crippen LogP contribution in [0.5, 0.6) is 0 Å². The average molecular weight is 681 g/mol. The molecule has 1 N–H and O–H groups in total. The lowest BCUT2D eigenvalue weighted by Gasteiger charge is -2.34. The topological polar surface area (TPSA) is 86.8 Å². The number of carbonyl (C=O) groups is 2. The summed E-state index contributed by atoms with van der Waals surface area (Å²) in [5.41, 5.74) is 4.29. The van der Waals surface area contributed by atoms with Crippen molar-refractivity contribution >= 4 is 50.7 Å². The zero-order valence-electron chi connectivity index (χ0n) is 26.6. The van der Waals surface area contributed by atoms with Gasteiger partial charge in [-0.3, -0.25) is 13.9 Å². The molecule has 10 heteroatoms. The second-order valence-corrected chi connectivity index (χ2v) is 14.4. The van der Waals surface area contributed by atoms with Gasteiger partial charge in [0.05, 0.1) is 20.6 Å². The van der Waals surface area contributed by atoms with Gasteiger partial charge in [0.25, 0.3) is 10.0 Å². The minimum absolute atomic E-state index is 0.00996. The van der Waals surface area contributed by atoms with Gasteiger partial charge in [-0.05, 0) is 87.2 Å². The van der Waals surface area contributed by atoms with Crippen LogP contribution in [0.15, 0.2) is 95.9 Å². The van der Waals surface area contributed by atoms with Gasteiger partial charge in [-0.15, -0.1) is 0 Å². The molecule has 7 nitrogen and oxygen atoms in total. The first-order chi connectivity index (χ1) is 21.8. The van der Waals surface area contributed by atoms with Crippen LogP contribution in [0, 0.1) is 20.8 Å². The normalized spacial score (nSPS) is 12.1. The third-order valence-electron chi connectivity index (χ3n) is 7.56. The average Bonchev–Trinajstić information content (AvgIpc) is 3.01. The Morgan fingerprint density at radius 2 is 1.43 bits per heavy atom. The van der Waals surface area contributed by atoms with Crippen LogP contribution < -0.4 is 9.62 Å². The van der Waals surface area contributed by atoms with Crippen molar-refractivity contribution in [3.05, 3.63) is 129 Å². The molecule has 0 aliphatic heterocycles. The van der Waals surface area contributed by atoms with Crippen molar-refractivity contribution in [3.63, 3.8) is 0 Å². The first kappa shape index (κ1) is 35.0. The van der Waals surface area contributed by atoms with Crippen molar-refractivity contribution in [1.82, 2.24) is 10.2 Å². The van der Waals surface area contributed by atoms with Gasteiger partial charge in [0.1, 0.15) is 12.6 Å². The van der Waals surface area contributed by atoms with E-state index < -0.39 is 28.5 Å². The molecular formula is C36H39Cl2N3O4S. The molecule has 0 spiro atoms. The summed E-state index contributed by atoms with van der Waals surface area (Å²) in [5, 5.41) is 3.61. The van der Waals surface area contributed by atoms with Crippen LogP contribution in [0.2, 0.25) is 10.0 Å². The number of hydrogen-bond donors (Lipinski definition) is 1. The Labute approximate surface area is 282 Å². The molecule has 4 aromatic rings. The predicted octanol–water partition coefficient (Wildman–Crippen LogP) is 7.28. The second-order valence-electron chi connectivity index (χ2n) is 11.8. The Morgan fingerprint density at radius 1 is 0.783 bits per heavy atom. The van der Waals surface area contributed by atoms with Crippen molar-refractivity contribution in [2.24, 2.45) is 0 Å². The minimum atomic E-state index is -4.20. The molecule has 4 rings (SSSR count). The van der Waals surface area contributed by atoms with E-state index in [4.69, 9.17) is 23.2 Å². The Bertz CT molecular complexity index is 1800. The maximum atomic E-state index is 14.6. The summed E-state index contributed by atoms with van der Waals surface area (Å²) in [7, 11) is -4.20. The molecule has 0 saturated heterocycles. The van der Waals surface area contributed by atoms with Crippen molar-refractivity contribution in [2.75, 3.05) is 10.8 Å². The number of aryl methyl sites for hydroxylation is 3. The standard InChI is InChI=1S/C36H39Cl2N3O4S/c1-24(2)39-36(43)34(21-28-9-7-6-8-10-28)40(22-29-15-18-31(37)32(38)20-29)35(42)23-41(33-19-26(4)11-14-27(33)5)46(44,45)30-16-12-25(3)13-17-30/h6-20,24,34H,21-23H2,1-5H3,(H,39,43). The van der Waals surface area contributed by atoms with Crippen molar-refractivity contribution in [2.45, 2.75) is 64.6 Å². The molecule has 0 aliphatic rings. The zero-order chi connectivity index (χ0) is 33.6. The third-order valence-corrected chi connectivity index (χ3v) is 10.1. The largest absolute Gasteiger partial charge is 0.352 e. The fourth-order valence-corrected chi connectivity index (χ4v) is 6.90. The number of sulfonamides is 1. The van der Waals surface area contributed by atoms with Crippen molar-refractivity contribution in [1.29, 1.82) is 0 Å². The van der Waals surface area contributed by atoms with Crippen LogP contribution in [0.3, 0.4) is 0 Å². The summed E-state index contributed by atoms with van der Waals surface area (Å²) in [6.07, 6.45) is 0.209. The number of hydrogen-bond acceptors (Lipinski definition) is 4. The number of anilines is 1. The van der Waals surface area contributed by atoms with E-state index in [0.717, 1.165) is 21.0 Å². The fourth-order valence-electron chi connectivity index (χ4n) is 5.11. The smallest absolute Gasteiger partial charge is 0.264 e. The highest BCUT2D eigenvalue weighted by atomic mass is 35.5. The molecule has 0 aliphatic carbocycles. The molecule has 0 bridgehead atoms. The van der Waals surface area contributed by atoms with Gasteiger partial charge in [0.2, 0.25) is 11.8 Å². The first-order valence-corrected chi connectivity index (χ1v) is 17.2. The molecule has 242 valence electrons. The Balaban J connectivity index is 1.85. The van der Waals surface area contributed by atoms with Crippen LogP contribution in [0.25, 0.3) is 0 Å². The molecule has 0 aromatic heterocycles. The summed E-state index contributed by atoms with van der Waals surface area (Å²) in [4.78, 5) is 29.9. The first-order valence-electron chi connectivity index (χ1n) is 15.0. The molecule has 4 aromatic carbocycles. The molecule has 0 saturated carbocycles. The SMILES string of the molecule is Cc1ccc(S(=O)(=O)N(CC(=O)N(Cc2ccc(Cl)c(Cl)c2)C(Cc2ccccc2)C(=O)NC(C)C)c2cc(C)ccc2C)cc1. The van der Waals surface area contributed by atoms with Crippen LogP contribution in [-0.2, 0) is 32.6 Å². The van der Waals surface area contributed by atoms with E-state index in [9.17, 15) is 18.0 Å². The van der Waals surface area contributed by atoms with E-state index in [1.54, 1.807) is 43.3 Å². The van der Waals surface area contributed by atoms with E-state index in [0.29, 0.717) is 26.9 Å². The highest BCUT2D eigenvalue weighted by molar-refractivity contribution is 7.92. The maximum absolute atomic E-state index is 14.6. The summed E-state index contributed by atoms with van der Waals surface area (Å²) in [5.74, 6) is -0.908. The monoisotopic (exact) mass is 679 g/mol. The van der Waals surface area contributed by atoms with Crippen molar-refractivity contribution in [3.8, 4) is 0 Å². The lowest BCUT2D eigenvalue weighted by Crippen LogP contribution is -2.54.